The summed E-state index contributed by atoms with van der Waals surface area (Å²) in [5, 5.41) is 7.43. The molecule has 118 valence electrons. The van der Waals surface area contributed by atoms with E-state index in [0.717, 1.165) is 36.6 Å². The van der Waals surface area contributed by atoms with E-state index in [1.54, 1.807) is 29.8 Å². The predicted molar refractivity (Wildman–Crippen MR) is 85.3 cm³/mol. The van der Waals surface area contributed by atoms with Gasteiger partial charge in [0.25, 0.3) is 11.7 Å². The Morgan fingerprint density at radius 3 is 3.13 bits per heavy atom. The first-order valence-electron chi connectivity index (χ1n) is 7.57. The molecule has 0 aliphatic carbocycles. The first-order chi connectivity index (χ1) is 11.2. The zero-order chi connectivity index (χ0) is 15.8. The Bertz CT molecular complexity index is 823. The fourth-order valence-corrected chi connectivity index (χ4v) is 3.78. The van der Waals surface area contributed by atoms with Crippen molar-refractivity contribution in [2.45, 2.75) is 19.8 Å². The van der Waals surface area contributed by atoms with Gasteiger partial charge in [0.1, 0.15) is 0 Å². The lowest BCUT2D eigenvalue weighted by Crippen LogP contribution is -2.29. The lowest BCUT2D eigenvalue weighted by atomic mass is 10.1. The number of nitrogens with zero attached hydrogens (tertiary/aromatic N) is 6. The minimum atomic E-state index is -0.117. The third kappa shape index (κ3) is 2.81. The number of rotatable bonds is 3. The van der Waals surface area contributed by atoms with E-state index in [2.05, 4.69) is 25.4 Å². The first-order valence-corrected chi connectivity index (χ1v) is 8.44. The van der Waals surface area contributed by atoms with Crippen LogP contribution in [0.4, 0.5) is 0 Å². The lowest BCUT2D eigenvalue weighted by molar-refractivity contribution is 0.0775. The highest BCUT2D eigenvalue weighted by atomic mass is 32.1. The molecule has 1 aliphatic rings. The smallest absolute Gasteiger partial charge is 0.293 e. The molecule has 4 heterocycles. The third-order valence-corrected chi connectivity index (χ3v) is 5.00. The Hall–Kier alpha value is -2.35. The fourth-order valence-electron chi connectivity index (χ4n) is 2.89. The number of thiazole rings is 1. The van der Waals surface area contributed by atoms with Crippen LogP contribution in [0.5, 0.6) is 0 Å². The summed E-state index contributed by atoms with van der Waals surface area (Å²) in [7, 11) is 0. The summed E-state index contributed by atoms with van der Waals surface area (Å²) in [5.74, 6) is 1.01. The molecular weight excluding hydrogens is 312 g/mol. The van der Waals surface area contributed by atoms with E-state index in [-0.39, 0.29) is 11.7 Å². The maximum Gasteiger partial charge on any atom is 0.293 e. The molecule has 8 heteroatoms. The molecular formula is C15H16N6OS. The summed E-state index contributed by atoms with van der Waals surface area (Å²) in [5.41, 5.74) is 1.07. The first kappa shape index (κ1) is 14.3. The van der Waals surface area contributed by atoms with Gasteiger partial charge >= 0.3 is 0 Å². The highest BCUT2D eigenvalue weighted by Gasteiger charge is 2.29. The van der Waals surface area contributed by atoms with Crippen molar-refractivity contribution in [3.8, 4) is 0 Å². The van der Waals surface area contributed by atoms with Crippen molar-refractivity contribution >= 4 is 23.0 Å². The molecule has 3 aromatic heterocycles. The number of aryl methyl sites for hydroxylation is 1. The van der Waals surface area contributed by atoms with Gasteiger partial charge in [-0.25, -0.2) is 14.5 Å². The van der Waals surface area contributed by atoms with E-state index in [9.17, 15) is 4.79 Å². The SMILES string of the molecule is Cc1csc(CC2CCN(C(=O)c3nc4ncccn4n3)C2)n1. The zero-order valence-electron chi connectivity index (χ0n) is 12.7. The van der Waals surface area contributed by atoms with Gasteiger partial charge < -0.3 is 4.90 Å². The van der Waals surface area contributed by atoms with Crippen LogP contribution in [0.1, 0.15) is 27.7 Å². The number of carbonyl (C=O) groups excluding carboxylic acids is 1. The van der Waals surface area contributed by atoms with Crippen LogP contribution in [-0.4, -0.2) is 48.5 Å². The number of likely N-dealkylation sites (tertiary alicyclic amines) is 1. The van der Waals surface area contributed by atoms with Gasteiger partial charge in [0.2, 0.25) is 5.82 Å². The highest BCUT2D eigenvalue weighted by Crippen LogP contribution is 2.23. The molecule has 1 saturated heterocycles. The van der Waals surface area contributed by atoms with Crippen LogP contribution < -0.4 is 0 Å². The molecule has 7 nitrogen and oxygen atoms in total. The van der Waals surface area contributed by atoms with Gasteiger partial charge in [-0.15, -0.1) is 16.4 Å². The monoisotopic (exact) mass is 328 g/mol. The van der Waals surface area contributed by atoms with E-state index >= 15 is 0 Å². The molecule has 0 bridgehead atoms. The normalized spacial score (nSPS) is 18.0. The Balaban J connectivity index is 1.45. The van der Waals surface area contributed by atoms with E-state index in [1.807, 2.05) is 11.8 Å². The van der Waals surface area contributed by atoms with Crippen molar-refractivity contribution < 1.29 is 4.79 Å². The second-order valence-electron chi connectivity index (χ2n) is 5.79. The number of carbonyl (C=O) groups is 1. The number of hydrogen-bond donors (Lipinski definition) is 0. The molecule has 0 radical (unpaired) electrons. The van der Waals surface area contributed by atoms with Crippen LogP contribution in [0.25, 0.3) is 5.78 Å². The molecule has 3 aromatic rings. The maximum atomic E-state index is 12.6. The highest BCUT2D eigenvalue weighted by molar-refractivity contribution is 7.09. The van der Waals surface area contributed by atoms with Crippen molar-refractivity contribution in [1.82, 2.24) is 29.5 Å². The minimum absolute atomic E-state index is 0.117. The Kier molecular flexibility index (Phi) is 3.53. The van der Waals surface area contributed by atoms with Gasteiger partial charge in [0.05, 0.1) is 5.01 Å². The molecule has 0 saturated carbocycles. The molecule has 1 atom stereocenters. The number of amides is 1. The van der Waals surface area contributed by atoms with Crippen molar-refractivity contribution in [1.29, 1.82) is 0 Å². The van der Waals surface area contributed by atoms with Gasteiger partial charge in [0.15, 0.2) is 0 Å². The average molecular weight is 328 g/mol. The van der Waals surface area contributed by atoms with E-state index in [4.69, 9.17) is 0 Å². The number of fused-ring (bicyclic) bond motifs is 1. The molecule has 1 unspecified atom stereocenters. The average Bonchev–Trinajstić information content (AvgIpc) is 3.26. The molecule has 1 aliphatic heterocycles. The van der Waals surface area contributed by atoms with Crippen LogP contribution >= 0.6 is 11.3 Å². The van der Waals surface area contributed by atoms with Gasteiger partial charge in [-0.05, 0) is 25.3 Å². The number of hydrogen-bond acceptors (Lipinski definition) is 6. The van der Waals surface area contributed by atoms with Gasteiger partial charge in [-0.3, -0.25) is 4.79 Å². The van der Waals surface area contributed by atoms with Crippen LogP contribution in [-0.2, 0) is 6.42 Å². The fraction of sp³-hybridized carbons (Fsp3) is 0.400. The Labute approximate surface area is 137 Å². The topological polar surface area (TPSA) is 76.3 Å². The molecule has 0 aromatic carbocycles. The standard InChI is InChI=1S/C15H16N6OS/c1-10-9-23-12(17-10)7-11-3-6-20(8-11)14(22)13-18-15-16-4-2-5-21(15)19-13/h2,4-5,9,11H,3,6-8H2,1H3. The van der Waals surface area contributed by atoms with Crippen LogP contribution in [0.3, 0.4) is 0 Å². The lowest BCUT2D eigenvalue weighted by Gasteiger charge is -2.13. The van der Waals surface area contributed by atoms with Crippen molar-refractivity contribution in [2.75, 3.05) is 13.1 Å². The van der Waals surface area contributed by atoms with Gasteiger partial charge in [-0.1, -0.05) is 0 Å². The quantitative estimate of drug-likeness (QED) is 0.730. The summed E-state index contributed by atoms with van der Waals surface area (Å²) >= 11 is 1.69. The summed E-state index contributed by atoms with van der Waals surface area (Å²) in [6, 6.07) is 1.76. The second-order valence-corrected chi connectivity index (χ2v) is 6.73. The summed E-state index contributed by atoms with van der Waals surface area (Å²) in [6.45, 7) is 3.49. The van der Waals surface area contributed by atoms with E-state index < -0.39 is 0 Å². The van der Waals surface area contributed by atoms with Crippen molar-refractivity contribution in [3.05, 3.63) is 40.4 Å². The molecule has 4 rings (SSSR count). The minimum Gasteiger partial charge on any atom is -0.336 e. The largest absolute Gasteiger partial charge is 0.336 e. The Morgan fingerprint density at radius 2 is 2.35 bits per heavy atom. The summed E-state index contributed by atoms with van der Waals surface area (Å²) in [4.78, 5) is 27.2. The van der Waals surface area contributed by atoms with E-state index in [0.29, 0.717) is 11.7 Å². The zero-order valence-corrected chi connectivity index (χ0v) is 13.5. The van der Waals surface area contributed by atoms with Crippen LogP contribution in [0.15, 0.2) is 23.8 Å². The second kappa shape index (κ2) is 5.69. The molecule has 23 heavy (non-hydrogen) atoms. The number of aromatic nitrogens is 5. The van der Waals surface area contributed by atoms with Gasteiger partial charge in [0, 0.05) is 43.0 Å². The van der Waals surface area contributed by atoms with Gasteiger partial charge in [-0.2, -0.15) is 4.98 Å². The van der Waals surface area contributed by atoms with Crippen LogP contribution in [0, 0.1) is 12.8 Å². The Morgan fingerprint density at radius 1 is 1.43 bits per heavy atom. The van der Waals surface area contributed by atoms with Crippen LogP contribution in [0.2, 0.25) is 0 Å². The molecule has 1 amide bonds. The maximum absolute atomic E-state index is 12.6. The van der Waals surface area contributed by atoms with E-state index in [1.165, 1.54) is 4.52 Å². The molecule has 0 N–H and O–H groups in total. The summed E-state index contributed by atoms with van der Waals surface area (Å²) < 4.78 is 1.53. The third-order valence-electron chi connectivity index (χ3n) is 4.01. The van der Waals surface area contributed by atoms with Crippen molar-refractivity contribution in [2.24, 2.45) is 5.92 Å². The predicted octanol–water partition coefficient (Wildman–Crippen LogP) is 1.59. The molecule has 1 fully saturated rings. The summed E-state index contributed by atoms with van der Waals surface area (Å²) in [6.07, 6.45) is 5.31. The van der Waals surface area contributed by atoms with Crippen molar-refractivity contribution in [3.63, 3.8) is 0 Å². The molecule has 0 spiro atoms.